The Bertz CT molecular complexity index is 284. The third kappa shape index (κ3) is 1.15. The topological polar surface area (TPSA) is 57.2 Å². The lowest BCUT2D eigenvalue weighted by atomic mass is 9.75. The predicted molar refractivity (Wildman–Crippen MR) is 41.1 cm³/mol. The van der Waals surface area contributed by atoms with Crippen LogP contribution in [0.3, 0.4) is 0 Å². The van der Waals surface area contributed by atoms with Crippen LogP contribution in [0.5, 0.6) is 0 Å². The lowest BCUT2D eigenvalue weighted by molar-refractivity contribution is -0.300. The molecule has 0 radical (unpaired) electrons. The first-order valence-electron chi connectivity index (χ1n) is 3.82. The molecule has 0 amide bonds. The van der Waals surface area contributed by atoms with Gasteiger partial charge in [-0.2, -0.15) is 0 Å². The van der Waals surface area contributed by atoms with Crippen LogP contribution >= 0.6 is 0 Å². The zero-order chi connectivity index (χ0) is 9.52. The Hall–Kier alpha value is -1.12. The van der Waals surface area contributed by atoms with E-state index in [1.54, 1.807) is 13.8 Å². The summed E-state index contributed by atoms with van der Waals surface area (Å²) < 4.78 is 0. The second-order valence-corrected chi connectivity index (χ2v) is 3.77. The van der Waals surface area contributed by atoms with Gasteiger partial charge in [-0.3, -0.25) is 9.59 Å². The molecule has 1 aliphatic rings. The van der Waals surface area contributed by atoms with Crippen molar-refractivity contribution in [1.82, 2.24) is 0 Å². The molecule has 0 saturated carbocycles. The third-order valence-corrected chi connectivity index (χ3v) is 2.15. The Morgan fingerprint density at radius 2 is 1.83 bits per heavy atom. The fourth-order valence-corrected chi connectivity index (χ4v) is 1.38. The van der Waals surface area contributed by atoms with Crippen LogP contribution in [-0.2, 0) is 9.59 Å². The van der Waals surface area contributed by atoms with Gasteiger partial charge >= 0.3 is 0 Å². The standard InChI is InChI=1S/C9H12O3/c1-5-7(11)6(10)4-9(2,3)8(5)12/h11H,4H2,1-3H3/p-1. The highest BCUT2D eigenvalue weighted by atomic mass is 16.3. The highest BCUT2D eigenvalue weighted by Crippen LogP contribution is 2.31. The van der Waals surface area contributed by atoms with E-state index in [0.29, 0.717) is 0 Å². The Kier molecular flexibility index (Phi) is 1.82. The zero-order valence-electron chi connectivity index (χ0n) is 7.43. The van der Waals surface area contributed by atoms with Gasteiger partial charge in [0.25, 0.3) is 0 Å². The predicted octanol–water partition coefficient (Wildman–Crippen LogP) is 0.189. The molecule has 0 bridgehead atoms. The van der Waals surface area contributed by atoms with E-state index in [-0.39, 0.29) is 17.8 Å². The number of Topliss-reactive ketones (excluding diaryl/α,β-unsaturated/α-hetero) is 2. The Labute approximate surface area is 71.1 Å². The maximum absolute atomic E-state index is 11.4. The van der Waals surface area contributed by atoms with Gasteiger partial charge in [-0.1, -0.05) is 19.6 Å². The summed E-state index contributed by atoms with van der Waals surface area (Å²) >= 11 is 0. The van der Waals surface area contributed by atoms with E-state index in [1.165, 1.54) is 6.92 Å². The molecule has 0 spiro atoms. The van der Waals surface area contributed by atoms with Crippen molar-refractivity contribution in [2.24, 2.45) is 5.41 Å². The molecule has 66 valence electrons. The first kappa shape index (κ1) is 8.97. The molecule has 0 aromatic rings. The fraction of sp³-hybridized carbons (Fsp3) is 0.556. The Balaban J connectivity index is 3.19. The zero-order valence-corrected chi connectivity index (χ0v) is 7.43. The molecule has 0 heterocycles. The number of allylic oxidation sites excluding steroid dienone is 2. The molecular formula is C9H11O3-. The number of hydrogen-bond acceptors (Lipinski definition) is 3. The van der Waals surface area contributed by atoms with Crippen molar-refractivity contribution in [3.8, 4) is 0 Å². The molecule has 0 fully saturated rings. The van der Waals surface area contributed by atoms with Gasteiger partial charge in [-0.25, -0.2) is 0 Å². The van der Waals surface area contributed by atoms with Gasteiger partial charge in [0.1, 0.15) is 5.78 Å². The van der Waals surface area contributed by atoms with Gasteiger partial charge in [-0.15, -0.1) is 0 Å². The van der Waals surface area contributed by atoms with Crippen LogP contribution in [0.25, 0.3) is 0 Å². The molecule has 1 aliphatic carbocycles. The Morgan fingerprint density at radius 1 is 1.33 bits per heavy atom. The summed E-state index contributed by atoms with van der Waals surface area (Å²) in [5.74, 6) is -1.26. The van der Waals surface area contributed by atoms with Crippen LogP contribution in [0.1, 0.15) is 27.2 Å². The second kappa shape index (κ2) is 2.44. The quantitative estimate of drug-likeness (QED) is 0.517. The first-order valence-corrected chi connectivity index (χ1v) is 3.82. The minimum atomic E-state index is -0.685. The highest BCUT2D eigenvalue weighted by Gasteiger charge is 2.35. The minimum absolute atomic E-state index is 0.0437. The molecule has 0 atom stereocenters. The molecule has 0 unspecified atom stereocenters. The van der Waals surface area contributed by atoms with Gasteiger partial charge in [0.2, 0.25) is 0 Å². The summed E-state index contributed by atoms with van der Waals surface area (Å²) in [6.07, 6.45) is 0.0437. The van der Waals surface area contributed by atoms with Crippen molar-refractivity contribution in [2.75, 3.05) is 0 Å². The highest BCUT2D eigenvalue weighted by molar-refractivity contribution is 6.12. The van der Waals surface area contributed by atoms with Crippen LogP contribution < -0.4 is 5.11 Å². The number of carbonyl (C=O) groups excluding carboxylic acids is 2. The van der Waals surface area contributed by atoms with E-state index in [2.05, 4.69) is 0 Å². The molecule has 3 nitrogen and oxygen atoms in total. The van der Waals surface area contributed by atoms with Gasteiger partial charge in [0.15, 0.2) is 5.78 Å². The summed E-state index contributed by atoms with van der Waals surface area (Å²) in [7, 11) is 0. The smallest absolute Gasteiger partial charge is 0.164 e. The van der Waals surface area contributed by atoms with Crippen molar-refractivity contribution in [3.05, 3.63) is 11.3 Å². The average molecular weight is 167 g/mol. The molecule has 3 heteroatoms. The van der Waals surface area contributed by atoms with Gasteiger partial charge in [0.05, 0.1) is 0 Å². The maximum atomic E-state index is 11.4. The molecule has 0 aromatic heterocycles. The number of ketones is 2. The monoisotopic (exact) mass is 167 g/mol. The number of hydrogen-bond donors (Lipinski definition) is 0. The van der Waals surface area contributed by atoms with Crippen molar-refractivity contribution in [3.63, 3.8) is 0 Å². The average Bonchev–Trinajstić information content (AvgIpc) is 1.97. The third-order valence-electron chi connectivity index (χ3n) is 2.15. The fourth-order valence-electron chi connectivity index (χ4n) is 1.38. The SMILES string of the molecule is CC1=C([O-])C(=O)CC(C)(C)C1=O. The van der Waals surface area contributed by atoms with Gasteiger partial charge < -0.3 is 5.11 Å². The van der Waals surface area contributed by atoms with E-state index in [0.717, 1.165) is 0 Å². The normalized spacial score (nSPS) is 23.2. The van der Waals surface area contributed by atoms with Crippen LogP contribution in [-0.4, -0.2) is 11.6 Å². The van der Waals surface area contributed by atoms with Crippen LogP contribution in [0.4, 0.5) is 0 Å². The van der Waals surface area contributed by atoms with Gasteiger partial charge in [0, 0.05) is 11.8 Å². The molecule has 1 rings (SSSR count). The second-order valence-electron chi connectivity index (χ2n) is 3.77. The molecule has 0 saturated heterocycles. The van der Waals surface area contributed by atoms with Gasteiger partial charge in [-0.05, 0) is 12.5 Å². The number of carbonyl (C=O) groups is 2. The molecular weight excluding hydrogens is 156 g/mol. The van der Waals surface area contributed by atoms with Crippen molar-refractivity contribution in [2.45, 2.75) is 27.2 Å². The van der Waals surface area contributed by atoms with Crippen molar-refractivity contribution < 1.29 is 14.7 Å². The van der Waals surface area contributed by atoms with E-state index in [9.17, 15) is 14.7 Å². The lowest BCUT2D eigenvalue weighted by Crippen LogP contribution is -2.37. The van der Waals surface area contributed by atoms with E-state index in [1.807, 2.05) is 0 Å². The largest absolute Gasteiger partial charge is 0.870 e. The summed E-state index contributed by atoms with van der Waals surface area (Å²) in [6.45, 7) is 4.79. The number of rotatable bonds is 0. The van der Waals surface area contributed by atoms with Crippen molar-refractivity contribution in [1.29, 1.82) is 0 Å². The molecule has 0 aliphatic heterocycles. The summed E-state index contributed by atoms with van der Waals surface area (Å²) in [5.41, 5.74) is -0.606. The summed E-state index contributed by atoms with van der Waals surface area (Å²) in [4.78, 5) is 22.4. The molecule has 12 heavy (non-hydrogen) atoms. The van der Waals surface area contributed by atoms with Crippen LogP contribution in [0, 0.1) is 5.41 Å². The summed E-state index contributed by atoms with van der Waals surface area (Å²) in [5, 5.41) is 11.0. The maximum Gasteiger partial charge on any atom is 0.164 e. The summed E-state index contributed by atoms with van der Waals surface area (Å²) in [6, 6.07) is 0. The first-order chi connectivity index (χ1) is 5.36. The minimum Gasteiger partial charge on any atom is -0.870 e. The molecule has 0 aromatic carbocycles. The van der Waals surface area contributed by atoms with Crippen LogP contribution in [0.15, 0.2) is 11.3 Å². The van der Waals surface area contributed by atoms with Crippen molar-refractivity contribution >= 4 is 11.6 Å². The van der Waals surface area contributed by atoms with E-state index < -0.39 is 17.0 Å². The molecule has 0 N–H and O–H groups in total. The van der Waals surface area contributed by atoms with E-state index >= 15 is 0 Å². The lowest BCUT2D eigenvalue weighted by Gasteiger charge is -2.31. The Morgan fingerprint density at radius 3 is 2.33 bits per heavy atom. The van der Waals surface area contributed by atoms with Crippen LogP contribution in [0.2, 0.25) is 0 Å². The van der Waals surface area contributed by atoms with E-state index in [4.69, 9.17) is 0 Å².